The summed E-state index contributed by atoms with van der Waals surface area (Å²) in [5, 5.41) is 3.89. The van der Waals surface area contributed by atoms with Crippen molar-refractivity contribution in [3.63, 3.8) is 0 Å². The Labute approximate surface area is 115 Å². The zero-order valence-corrected chi connectivity index (χ0v) is 10.9. The van der Waals surface area contributed by atoms with Gasteiger partial charge in [0.15, 0.2) is 6.10 Å². The fourth-order valence-corrected chi connectivity index (χ4v) is 1.93. The van der Waals surface area contributed by atoms with Crippen LogP contribution in [0.3, 0.4) is 0 Å². The largest absolute Gasteiger partial charge is 0.437 e. The van der Waals surface area contributed by atoms with Crippen molar-refractivity contribution >= 4 is 6.09 Å². The zero-order valence-electron chi connectivity index (χ0n) is 10.9. The van der Waals surface area contributed by atoms with E-state index >= 15 is 0 Å². The minimum Gasteiger partial charge on any atom is -0.437 e. The number of primary amides is 1. The van der Waals surface area contributed by atoms with Crippen molar-refractivity contribution in [1.29, 1.82) is 0 Å². The first-order chi connectivity index (χ1) is 9.63. The molecule has 7 heteroatoms. The molecule has 1 aliphatic rings. The van der Waals surface area contributed by atoms with Gasteiger partial charge in [-0.1, -0.05) is 5.16 Å². The molecule has 20 heavy (non-hydrogen) atoms. The van der Waals surface area contributed by atoms with Crippen LogP contribution in [-0.2, 0) is 4.74 Å². The lowest BCUT2D eigenvalue weighted by Crippen LogP contribution is -2.15. The van der Waals surface area contributed by atoms with Crippen molar-refractivity contribution in [2.45, 2.75) is 31.8 Å². The highest BCUT2D eigenvalue weighted by atomic mass is 16.6. The highest BCUT2D eigenvalue weighted by molar-refractivity contribution is 5.64. The molecule has 104 valence electrons. The molecular weight excluding hydrogens is 260 g/mol. The second-order valence-corrected chi connectivity index (χ2v) is 4.78. The van der Waals surface area contributed by atoms with E-state index in [9.17, 15) is 4.79 Å². The molecule has 1 aliphatic carbocycles. The molecule has 1 atom stereocenters. The van der Waals surface area contributed by atoms with Crippen LogP contribution in [0.25, 0.3) is 11.4 Å². The highest BCUT2D eigenvalue weighted by Gasteiger charge is 2.25. The predicted molar refractivity (Wildman–Crippen MR) is 68.6 cm³/mol. The summed E-state index contributed by atoms with van der Waals surface area (Å²) in [6, 6.07) is 3.78. The number of rotatable bonds is 4. The van der Waals surface area contributed by atoms with E-state index in [-0.39, 0.29) is 5.89 Å². The molecule has 0 unspecified atom stereocenters. The summed E-state index contributed by atoms with van der Waals surface area (Å²) >= 11 is 0. The molecular formula is C13H14N4O3. The van der Waals surface area contributed by atoms with Crippen LogP contribution in [0.5, 0.6) is 0 Å². The molecule has 2 N–H and O–H groups in total. The summed E-state index contributed by atoms with van der Waals surface area (Å²) in [6.07, 6.45) is 2.55. The van der Waals surface area contributed by atoms with Crippen LogP contribution in [0.15, 0.2) is 22.9 Å². The molecule has 2 heterocycles. The van der Waals surface area contributed by atoms with Gasteiger partial charge in [-0.2, -0.15) is 4.98 Å². The molecule has 1 fully saturated rings. The van der Waals surface area contributed by atoms with Crippen molar-refractivity contribution in [2.24, 2.45) is 5.73 Å². The van der Waals surface area contributed by atoms with Crippen molar-refractivity contribution in [1.82, 2.24) is 15.1 Å². The second-order valence-electron chi connectivity index (χ2n) is 4.78. The molecule has 1 saturated carbocycles. The maximum Gasteiger partial charge on any atom is 0.405 e. The van der Waals surface area contributed by atoms with Gasteiger partial charge in [0, 0.05) is 23.4 Å². The Hall–Kier alpha value is -2.44. The molecule has 7 nitrogen and oxygen atoms in total. The quantitative estimate of drug-likeness (QED) is 0.916. The summed E-state index contributed by atoms with van der Waals surface area (Å²) in [5.41, 5.74) is 6.84. The molecule has 2 aromatic heterocycles. The molecule has 0 radical (unpaired) electrons. The molecule has 0 aliphatic heterocycles. The standard InChI is InChI=1S/C13H14N4O3/c1-7(19-13(14)18)12-16-11(17-20-12)9-4-5-15-10(6-9)8-2-3-8/h4-8H,2-3H2,1H3,(H2,14,18)/t7-/m0/s1. The maximum atomic E-state index is 10.7. The average Bonchev–Trinajstić information content (AvgIpc) is 3.15. The van der Waals surface area contributed by atoms with E-state index < -0.39 is 12.2 Å². The van der Waals surface area contributed by atoms with Gasteiger partial charge in [-0.25, -0.2) is 4.79 Å². The Kier molecular flexibility index (Phi) is 3.09. The normalized spacial score (nSPS) is 15.8. The maximum absolute atomic E-state index is 10.7. The summed E-state index contributed by atoms with van der Waals surface area (Å²) in [5.74, 6) is 1.21. The fourth-order valence-electron chi connectivity index (χ4n) is 1.93. The van der Waals surface area contributed by atoms with Crippen LogP contribution in [0, 0.1) is 0 Å². The van der Waals surface area contributed by atoms with Gasteiger partial charge in [-0.05, 0) is 31.9 Å². The third kappa shape index (κ3) is 2.61. The third-order valence-electron chi connectivity index (χ3n) is 3.12. The first-order valence-corrected chi connectivity index (χ1v) is 6.39. The SMILES string of the molecule is C[C@H](OC(N)=O)c1nc(-c2ccnc(C3CC3)c2)no1. The van der Waals surface area contributed by atoms with Crippen LogP contribution in [0.2, 0.25) is 0 Å². The van der Waals surface area contributed by atoms with Gasteiger partial charge in [0.1, 0.15) is 0 Å². The smallest absolute Gasteiger partial charge is 0.405 e. The summed E-state index contributed by atoms with van der Waals surface area (Å²) in [4.78, 5) is 19.2. The third-order valence-corrected chi connectivity index (χ3v) is 3.12. The number of pyridine rings is 1. The van der Waals surface area contributed by atoms with E-state index in [1.54, 1.807) is 13.1 Å². The second kappa shape index (κ2) is 4.92. The minimum absolute atomic E-state index is 0.212. The minimum atomic E-state index is -0.878. The molecule has 2 aromatic rings. The van der Waals surface area contributed by atoms with Gasteiger partial charge in [-0.3, -0.25) is 4.98 Å². The van der Waals surface area contributed by atoms with Gasteiger partial charge in [-0.15, -0.1) is 0 Å². The van der Waals surface area contributed by atoms with Crippen LogP contribution in [-0.4, -0.2) is 21.2 Å². The van der Waals surface area contributed by atoms with Crippen molar-refractivity contribution in [3.05, 3.63) is 29.9 Å². The van der Waals surface area contributed by atoms with Gasteiger partial charge in [0.2, 0.25) is 5.82 Å². The number of carbonyl (C=O) groups is 1. The summed E-state index contributed by atoms with van der Waals surface area (Å²) in [6.45, 7) is 1.62. The molecule has 0 saturated heterocycles. The van der Waals surface area contributed by atoms with Crippen LogP contribution in [0.1, 0.15) is 43.4 Å². The molecule has 1 amide bonds. The van der Waals surface area contributed by atoms with E-state index in [4.69, 9.17) is 15.0 Å². The Morgan fingerprint density at radius 1 is 1.55 bits per heavy atom. The predicted octanol–water partition coefficient (Wildman–Crippen LogP) is 2.17. The van der Waals surface area contributed by atoms with Crippen molar-refractivity contribution in [3.8, 4) is 11.4 Å². The zero-order chi connectivity index (χ0) is 14.1. The Morgan fingerprint density at radius 3 is 3.05 bits per heavy atom. The van der Waals surface area contributed by atoms with Crippen molar-refractivity contribution in [2.75, 3.05) is 0 Å². The molecule has 0 spiro atoms. The number of ether oxygens (including phenoxy) is 1. The highest BCUT2D eigenvalue weighted by Crippen LogP contribution is 2.39. The van der Waals surface area contributed by atoms with Crippen LogP contribution >= 0.6 is 0 Å². The number of hydrogen-bond acceptors (Lipinski definition) is 6. The van der Waals surface area contributed by atoms with E-state index in [2.05, 4.69) is 15.1 Å². The monoisotopic (exact) mass is 274 g/mol. The fraction of sp³-hybridized carbons (Fsp3) is 0.385. The lowest BCUT2D eigenvalue weighted by atomic mass is 10.2. The van der Waals surface area contributed by atoms with E-state index in [1.807, 2.05) is 12.1 Å². The number of nitrogens with zero attached hydrogens (tertiary/aromatic N) is 3. The van der Waals surface area contributed by atoms with Gasteiger partial charge in [0.25, 0.3) is 5.89 Å². The van der Waals surface area contributed by atoms with Crippen molar-refractivity contribution < 1.29 is 14.1 Å². The van der Waals surface area contributed by atoms with Crippen LogP contribution < -0.4 is 5.73 Å². The van der Waals surface area contributed by atoms with E-state index in [0.29, 0.717) is 11.7 Å². The van der Waals surface area contributed by atoms with Gasteiger partial charge in [0.05, 0.1) is 0 Å². The number of carbonyl (C=O) groups excluding carboxylic acids is 1. The number of aromatic nitrogens is 3. The Morgan fingerprint density at radius 2 is 2.35 bits per heavy atom. The Bertz CT molecular complexity index is 636. The lowest BCUT2D eigenvalue weighted by Gasteiger charge is -2.04. The first-order valence-electron chi connectivity index (χ1n) is 6.39. The number of nitrogens with two attached hydrogens (primary N) is 1. The molecule has 0 aromatic carbocycles. The van der Waals surface area contributed by atoms with Gasteiger partial charge < -0.3 is 15.0 Å². The summed E-state index contributed by atoms with van der Waals surface area (Å²) < 4.78 is 9.87. The number of amides is 1. The number of hydrogen-bond donors (Lipinski definition) is 1. The Balaban J connectivity index is 1.82. The van der Waals surface area contributed by atoms with Gasteiger partial charge >= 0.3 is 6.09 Å². The van der Waals surface area contributed by atoms with E-state index in [0.717, 1.165) is 11.3 Å². The lowest BCUT2D eigenvalue weighted by molar-refractivity contribution is 0.0959. The summed E-state index contributed by atoms with van der Waals surface area (Å²) in [7, 11) is 0. The van der Waals surface area contributed by atoms with E-state index in [1.165, 1.54) is 12.8 Å². The topological polar surface area (TPSA) is 104 Å². The van der Waals surface area contributed by atoms with Crippen LogP contribution in [0.4, 0.5) is 4.79 Å². The average molecular weight is 274 g/mol. The first kappa shape index (κ1) is 12.6. The molecule has 3 rings (SSSR count). The molecule has 0 bridgehead atoms.